The predicted octanol–water partition coefficient (Wildman–Crippen LogP) is 0.423. The lowest BCUT2D eigenvalue weighted by Gasteiger charge is -2.15. The molecule has 0 saturated carbocycles. The maximum absolute atomic E-state index is 10.8. The molecule has 0 aliphatic carbocycles. The fourth-order valence-electron chi connectivity index (χ4n) is 3.15. The normalized spacial score (nSPS) is 13.4. The minimum atomic E-state index is 0.0639. The van der Waals surface area contributed by atoms with Crippen LogP contribution < -0.4 is 21.8 Å². The van der Waals surface area contributed by atoms with Crippen LogP contribution in [0.1, 0.15) is 0 Å². The summed E-state index contributed by atoms with van der Waals surface area (Å²) in [6, 6.07) is 3.52. The van der Waals surface area contributed by atoms with Crippen LogP contribution in [0.25, 0.3) is 21.5 Å². The Morgan fingerprint density at radius 2 is 1.88 bits per heavy atom. The van der Waals surface area contributed by atoms with Gasteiger partial charge in [0.2, 0.25) is 0 Å². The lowest BCUT2D eigenvalue weighted by Crippen LogP contribution is -2.31. The number of rotatable bonds is 3. The molecule has 1 aromatic heterocycles. The van der Waals surface area contributed by atoms with E-state index in [1.54, 1.807) is 12.3 Å². The summed E-state index contributed by atoms with van der Waals surface area (Å²) in [6.07, 6.45) is 3.12. The van der Waals surface area contributed by atoms with E-state index in [-0.39, 0.29) is 11.5 Å². The van der Waals surface area contributed by atoms with Crippen molar-refractivity contribution in [3.8, 4) is 11.5 Å². The molecule has 122 valence electrons. The Morgan fingerprint density at radius 3 is 2.71 bits per heavy atom. The van der Waals surface area contributed by atoms with Crippen molar-refractivity contribution in [1.82, 2.24) is 4.98 Å². The number of hydrogen-bond donors (Lipinski definition) is 4. The molecule has 2 aromatic carbocycles. The monoisotopic (exact) mass is 323 g/mol. The van der Waals surface area contributed by atoms with Crippen molar-refractivity contribution in [2.24, 2.45) is 15.7 Å². The topological polar surface area (TPSA) is 116 Å². The van der Waals surface area contributed by atoms with Crippen LogP contribution in [-0.2, 0) is 0 Å². The average Bonchev–Trinajstić information content (AvgIpc) is 2.63. The lowest BCUT2D eigenvalue weighted by atomic mass is 9.99. The zero-order valence-corrected chi connectivity index (χ0v) is 13.0. The molecule has 7 nitrogen and oxygen atoms in total. The van der Waals surface area contributed by atoms with Gasteiger partial charge in [0.1, 0.15) is 11.5 Å². The van der Waals surface area contributed by atoms with E-state index in [2.05, 4.69) is 20.3 Å². The number of phenols is 2. The smallest absolute Gasteiger partial charge is 0.135 e. The summed E-state index contributed by atoms with van der Waals surface area (Å²) in [4.78, 5) is 13.1. The van der Waals surface area contributed by atoms with Crippen molar-refractivity contribution >= 4 is 27.2 Å². The Labute approximate surface area is 137 Å². The first-order valence-corrected chi connectivity index (χ1v) is 7.79. The molecule has 0 unspecified atom stereocenters. The molecule has 0 spiro atoms. The van der Waals surface area contributed by atoms with Crippen molar-refractivity contribution < 1.29 is 10.2 Å². The van der Waals surface area contributed by atoms with Crippen LogP contribution in [0.4, 0.5) is 5.69 Å². The number of nitrogens with two attached hydrogens (primary N) is 1. The van der Waals surface area contributed by atoms with Crippen LogP contribution in [0.3, 0.4) is 0 Å². The summed E-state index contributed by atoms with van der Waals surface area (Å²) in [7, 11) is 0. The second-order valence-corrected chi connectivity index (χ2v) is 5.64. The summed E-state index contributed by atoms with van der Waals surface area (Å²) in [5.41, 5.74) is 6.27. The first-order chi connectivity index (χ1) is 11.7. The van der Waals surface area contributed by atoms with E-state index in [1.807, 2.05) is 6.07 Å². The number of aromatic nitrogens is 1. The molecule has 0 bridgehead atoms. The van der Waals surface area contributed by atoms with E-state index in [4.69, 9.17) is 5.73 Å². The van der Waals surface area contributed by atoms with Crippen molar-refractivity contribution in [2.45, 2.75) is 0 Å². The number of benzene rings is 2. The molecule has 7 heteroatoms. The van der Waals surface area contributed by atoms with Gasteiger partial charge in [-0.25, -0.2) is 0 Å². The molecule has 0 atom stereocenters. The van der Waals surface area contributed by atoms with Gasteiger partial charge in [-0.3, -0.25) is 15.0 Å². The van der Waals surface area contributed by atoms with E-state index < -0.39 is 0 Å². The molecular formula is C17H17N5O2. The summed E-state index contributed by atoms with van der Waals surface area (Å²) in [5.74, 6) is 0.141. The van der Waals surface area contributed by atoms with Crippen LogP contribution in [0.2, 0.25) is 0 Å². The predicted molar refractivity (Wildman–Crippen MR) is 92.2 cm³/mol. The van der Waals surface area contributed by atoms with Crippen LogP contribution in [0, 0.1) is 0 Å². The second-order valence-electron chi connectivity index (χ2n) is 5.64. The van der Waals surface area contributed by atoms with Crippen LogP contribution in [0.15, 0.2) is 34.5 Å². The van der Waals surface area contributed by atoms with E-state index in [0.717, 1.165) is 0 Å². The van der Waals surface area contributed by atoms with Crippen LogP contribution in [-0.4, -0.2) is 41.4 Å². The second kappa shape index (κ2) is 5.61. The Hall–Kier alpha value is -2.93. The third-order valence-electron chi connectivity index (χ3n) is 4.20. The molecule has 0 radical (unpaired) electrons. The van der Waals surface area contributed by atoms with E-state index in [0.29, 0.717) is 64.1 Å². The lowest BCUT2D eigenvalue weighted by molar-refractivity contribution is 0.478. The third-order valence-corrected chi connectivity index (χ3v) is 4.20. The molecule has 1 aliphatic heterocycles. The van der Waals surface area contributed by atoms with E-state index in [9.17, 15) is 10.2 Å². The summed E-state index contributed by atoms with van der Waals surface area (Å²) in [5, 5.41) is 28.2. The number of fused-ring (bicyclic) bond motifs is 4. The first-order valence-electron chi connectivity index (χ1n) is 7.79. The fourth-order valence-corrected chi connectivity index (χ4v) is 3.15. The molecule has 24 heavy (non-hydrogen) atoms. The highest BCUT2D eigenvalue weighted by molar-refractivity contribution is 6.14. The van der Waals surface area contributed by atoms with Gasteiger partial charge in [0, 0.05) is 41.9 Å². The minimum absolute atomic E-state index is 0.0639. The van der Waals surface area contributed by atoms with Gasteiger partial charge in [-0.1, -0.05) is 0 Å². The van der Waals surface area contributed by atoms with Gasteiger partial charge in [0.15, 0.2) is 0 Å². The van der Waals surface area contributed by atoms with Crippen molar-refractivity contribution in [1.29, 1.82) is 0 Å². The number of nitrogens with zero attached hydrogens (tertiary/aromatic N) is 3. The van der Waals surface area contributed by atoms with E-state index in [1.165, 1.54) is 6.20 Å². The first kappa shape index (κ1) is 14.6. The number of nitrogens with one attached hydrogen (secondary N) is 1. The molecular weight excluding hydrogens is 306 g/mol. The quantitative estimate of drug-likeness (QED) is 0.412. The molecule has 1 aliphatic rings. The molecule has 5 N–H and O–H groups in total. The van der Waals surface area contributed by atoms with Gasteiger partial charge in [0.05, 0.1) is 34.6 Å². The van der Waals surface area contributed by atoms with Gasteiger partial charge >= 0.3 is 0 Å². The summed E-state index contributed by atoms with van der Waals surface area (Å²) >= 11 is 0. The van der Waals surface area contributed by atoms with Crippen molar-refractivity contribution in [2.75, 3.05) is 31.5 Å². The Bertz CT molecular complexity index is 1080. The molecule has 0 saturated heterocycles. The van der Waals surface area contributed by atoms with E-state index >= 15 is 0 Å². The average molecular weight is 323 g/mol. The largest absolute Gasteiger partial charge is 0.507 e. The maximum Gasteiger partial charge on any atom is 0.135 e. The molecule has 2 heterocycles. The van der Waals surface area contributed by atoms with Crippen molar-refractivity contribution in [3.05, 3.63) is 35.2 Å². The third kappa shape index (κ3) is 2.05. The minimum Gasteiger partial charge on any atom is -0.507 e. The number of hydrogen-bond acceptors (Lipinski definition) is 7. The van der Waals surface area contributed by atoms with Gasteiger partial charge in [-0.2, -0.15) is 0 Å². The zero-order chi connectivity index (χ0) is 16.7. The van der Waals surface area contributed by atoms with Crippen LogP contribution >= 0.6 is 0 Å². The Kier molecular flexibility index (Phi) is 3.42. The molecule has 0 amide bonds. The van der Waals surface area contributed by atoms with Crippen molar-refractivity contribution in [3.63, 3.8) is 0 Å². The van der Waals surface area contributed by atoms with Gasteiger partial charge in [-0.15, -0.1) is 0 Å². The summed E-state index contributed by atoms with van der Waals surface area (Å²) < 4.78 is 0. The maximum atomic E-state index is 10.8. The number of anilines is 1. The highest BCUT2D eigenvalue weighted by Crippen LogP contribution is 2.42. The van der Waals surface area contributed by atoms with Crippen LogP contribution in [0.5, 0.6) is 11.5 Å². The van der Waals surface area contributed by atoms with Gasteiger partial charge < -0.3 is 21.3 Å². The Balaban J connectivity index is 2.25. The molecule has 3 aromatic rings. The number of phenolic OH excluding ortho intramolecular Hbond substituents is 2. The number of pyridine rings is 1. The Morgan fingerprint density at radius 1 is 1.08 bits per heavy atom. The van der Waals surface area contributed by atoms with Gasteiger partial charge in [-0.05, 0) is 12.1 Å². The standard InChI is InChI=1S/C17H17N5O2/c18-2-4-20-11-7-12-15(22-6-5-21-12)14-13(11)17(24)10-8-19-3-1-9(10)16(14)23/h1,3,7-8,20,23-24H,2,4-6,18H2. The summed E-state index contributed by atoms with van der Waals surface area (Å²) in [6.45, 7) is 2.16. The fraction of sp³-hybridized carbons (Fsp3) is 0.235. The SMILES string of the molecule is NCCNc1cc2c(c3c(O)c4ccncc4c(O)c13)=NCCN=2. The molecule has 4 rings (SSSR count). The molecule has 0 fully saturated rings. The number of aromatic hydroxyl groups is 2. The van der Waals surface area contributed by atoms with Gasteiger partial charge in [0.25, 0.3) is 0 Å². The highest BCUT2D eigenvalue weighted by atomic mass is 16.3. The highest BCUT2D eigenvalue weighted by Gasteiger charge is 2.19. The zero-order valence-electron chi connectivity index (χ0n) is 13.0.